The lowest BCUT2D eigenvalue weighted by atomic mass is 10.0. The summed E-state index contributed by atoms with van der Waals surface area (Å²) in [5, 5.41) is 12.6. The van der Waals surface area contributed by atoms with Gasteiger partial charge in [-0.25, -0.2) is 0 Å². The molecule has 1 heterocycles. The Morgan fingerprint density at radius 1 is 1.26 bits per heavy atom. The first-order valence-electron chi connectivity index (χ1n) is 6.26. The summed E-state index contributed by atoms with van der Waals surface area (Å²) in [6, 6.07) is 5.37. The van der Waals surface area contributed by atoms with Crippen molar-refractivity contribution < 1.29 is 18.3 Å². The molecule has 0 bridgehead atoms. The maximum Gasteiger partial charge on any atom is 0.390 e. The highest BCUT2D eigenvalue weighted by Gasteiger charge is 2.35. The molecule has 106 valence electrons. The van der Waals surface area contributed by atoms with Crippen LogP contribution in [0, 0.1) is 0 Å². The summed E-state index contributed by atoms with van der Waals surface area (Å²) in [4.78, 5) is 1.82. The molecule has 1 aliphatic rings. The van der Waals surface area contributed by atoms with Gasteiger partial charge in [-0.2, -0.15) is 13.2 Å². The number of nitrogens with zero attached hydrogens (tertiary/aromatic N) is 1. The molecule has 0 aromatic heterocycles. The lowest BCUT2D eigenvalue weighted by Gasteiger charge is -2.35. The highest BCUT2D eigenvalue weighted by atomic mass is 19.4. The Morgan fingerprint density at radius 3 is 2.53 bits per heavy atom. The zero-order valence-electron chi connectivity index (χ0n) is 10.5. The summed E-state index contributed by atoms with van der Waals surface area (Å²) in [6.45, 7) is 2.53. The zero-order chi connectivity index (χ0) is 13.9. The fourth-order valence-electron chi connectivity index (χ4n) is 2.40. The van der Waals surface area contributed by atoms with Crippen LogP contribution in [-0.2, 0) is 0 Å². The normalized spacial score (nSPS) is 19.3. The molecule has 0 saturated carbocycles. The molecule has 1 aromatic rings. The number of piperazine rings is 1. The second-order valence-corrected chi connectivity index (χ2v) is 4.72. The van der Waals surface area contributed by atoms with Crippen LogP contribution in [0.5, 0.6) is 5.75 Å². The van der Waals surface area contributed by atoms with E-state index >= 15 is 0 Å². The van der Waals surface area contributed by atoms with E-state index in [2.05, 4.69) is 5.32 Å². The molecular formula is C13H17F3N2O. The highest BCUT2D eigenvalue weighted by Crippen LogP contribution is 2.34. The molecule has 2 N–H and O–H groups in total. The van der Waals surface area contributed by atoms with Crippen LogP contribution in [0.25, 0.3) is 0 Å². The number of rotatable bonds is 3. The Morgan fingerprint density at radius 2 is 1.95 bits per heavy atom. The van der Waals surface area contributed by atoms with Crippen LogP contribution in [0.3, 0.4) is 0 Å². The Balaban J connectivity index is 2.22. The number of phenolic OH excluding ortho intramolecular Hbond substituents is 1. The van der Waals surface area contributed by atoms with Gasteiger partial charge in [0, 0.05) is 32.2 Å². The minimum Gasteiger partial charge on any atom is -0.508 e. The van der Waals surface area contributed by atoms with E-state index < -0.39 is 18.6 Å². The highest BCUT2D eigenvalue weighted by molar-refractivity contribution is 5.29. The summed E-state index contributed by atoms with van der Waals surface area (Å²) in [7, 11) is 0. The van der Waals surface area contributed by atoms with Gasteiger partial charge in [0.2, 0.25) is 0 Å². The summed E-state index contributed by atoms with van der Waals surface area (Å²) in [5.41, 5.74) is 0.513. The van der Waals surface area contributed by atoms with E-state index in [1.54, 1.807) is 12.1 Å². The lowest BCUT2D eigenvalue weighted by molar-refractivity contribution is -0.148. The van der Waals surface area contributed by atoms with Crippen LogP contribution in [0.4, 0.5) is 13.2 Å². The molecule has 0 spiro atoms. The Bertz CT molecular complexity index is 417. The molecule has 0 amide bonds. The van der Waals surface area contributed by atoms with Crippen molar-refractivity contribution in [3.05, 3.63) is 29.8 Å². The molecule has 0 aliphatic carbocycles. The van der Waals surface area contributed by atoms with E-state index in [1.165, 1.54) is 12.1 Å². The monoisotopic (exact) mass is 274 g/mol. The predicted molar refractivity (Wildman–Crippen MR) is 66.0 cm³/mol. The Kier molecular flexibility index (Phi) is 4.31. The molecule has 1 aliphatic heterocycles. The second kappa shape index (κ2) is 5.79. The van der Waals surface area contributed by atoms with Gasteiger partial charge in [-0.1, -0.05) is 12.1 Å². The zero-order valence-corrected chi connectivity index (χ0v) is 10.5. The fraction of sp³-hybridized carbons (Fsp3) is 0.538. The van der Waals surface area contributed by atoms with Crippen molar-refractivity contribution >= 4 is 0 Å². The second-order valence-electron chi connectivity index (χ2n) is 4.72. The first kappa shape index (κ1) is 14.1. The SMILES string of the molecule is Oc1cccc([C@H](CC(F)(F)F)N2CCNCC2)c1. The summed E-state index contributed by atoms with van der Waals surface area (Å²) in [5.74, 6) is -0.000177. The molecule has 1 fully saturated rings. The minimum atomic E-state index is -4.22. The lowest BCUT2D eigenvalue weighted by Crippen LogP contribution is -2.46. The van der Waals surface area contributed by atoms with E-state index in [9.17, 15) is 18.3 Å². The standard InChI is InChI=1S/C13H17F3N2O/c14-13(15,16)9-12(18-6-4-17-5-7-18)10-2-1-3-11(19)8-10/h1-3,8,12,17,19H,4-7,9H2/t12-/m0/s1. The van der Waals surface area contributed by atoms with Gasteiger partial charge in [-0.05, 0) is 17.7 Å². The number of hydrogen-bond acceptors (Lipinski definition) is 3. The van der Waals surface area contributed by atoms with Gasteiger partial charge in [0.25, 0.3) is 0 Å². The summed E-state index contributed by atoms with van der Waals surface area (Å²) in [6.07, 6.45) is -5.11. The van der Waals surface area contributed by atoms with Gasteiger partial charge >= 0.3 is 6.18 Å². The van der Waals surface area contributed by atoms with Gasteiger partial charge in [0.1, 0.15) is 5.75 Å². The van der Waals surface area contributed by atoms with Crippen molar-refractivity contribution in [2.45, 2.75) is 18.6 Å². The first-order valence-corrected chi connectivity index (χ1v) is 6.26. The molecule has 3 nitrogen and oxygen atoms in total. The van der Waals surface area contributed by atoms with Crippen LogP contribution in [-0.4, -0.2) is 42.4 Å². The molecule has 0 radical (unpaired) electrons. The average molecular weight is 274 g/mol. The van der Waals surface area contributed by atoms with Crippen LogP contribution in [0.15, 0.2) is 24.3 Å². The van der Waals surface area contributed by atoms with Gasteiger partial charge in [-0.15, -0.1) is 0 Å². The van der Waals surface area contributed by atoms with E-state index in [4.69, 9.17) is 0 Å². The molecule has 6 heteroatoms. The third kappa shape index (κ3) is 4.11. The molecule has 1 atom stereocenters. The molecule has 2 rings (SSSR count). The average Bonchev–Trinajstić information content (AvgIpc) is 2.36. The third-order valence-electron chi connectivity index (χ3n) is 3.27. The van der Waals surface area contributed by atoms with Crippen LogP contribution in [0.2, 0.25) is 0 Å². The number of aromatic hydroxyl groups is 1. The summed E-state index contributed by atoms with van der Waals surface area (Å²) >= 11 is 0. The largest absolute Gasteiger partial charge is 0.508 e. The van der Waals surface area contributed by atoms with E-state index in [0.29, 0.717) is 31.7 Å². The number of alkyl halides is 3. The van der Waals surface area contributed by atoms with E-state index in [-0.39, 0.29) is 5.75 Å². The van der Waals surface area contributed by atoms with Crippen LogP contribution in [0.1, 0.15) is 18.0 Å². The van der Waals surface area contributed by atoms with E-state index in [1.807, 2.05) is 4.90 Å². The number of nitrogens with one attached hydrogen (secondary N) is 1. The maximum absolute atomic E-state index is 12.7. The third-order valence-corrected chi connectivity index (χ3v) is 3.27. The minimum absolute atomic E-state index is 0.000177. The molecule has 1 aromatic carbocycles. The van der Waals surface area contributed by atoms with Crippen molar-refractivity contribution in [3.63, 3.8) is 0 Å². The smallest absolute Gasteiger partial charge is 0.390 e. The first-order chi connectivity index (χ1) is 8.96. The number of phenols is 1. The van der Waals surface area contributed by atoms with Crippen molar-refractivity contribution in [1.82, 2.24) is 10.2 Å². The van der Waals surface area contributed by atoms with Crippen LogP contribution < -0.4 is 5.32 Å². The van der Waals surface area contributed by atoms with Gasteiger partial charge in [0.05, 0.1) is 6.42 Å². The van der Waals surface area contributed by atoms with Crippen molar-refractivity contribution in [3.8, 4) is 5.75 Å². The maximum atomic E-state index is 12.7. The number of hydrogen-bond donors (Lipinski definition) is 2. The Hall–Kier alpha value is -1.27. The molecular weight excluding hydrogens is 257 g/mol. The van der Waals surface area contributed by atoms with Crippen molar-refractivity contribution in [2.75, 3.05) is 26.2 Å². The predicted octanol–water partition coefficient (Wildman–Crippen LogP) is 2.29. The van der Waals surface area contributed by atoms with Crippen molar-refractivity contribution in [1.29, 1.82) is 0 Å². The topological polar surface area (TPSA) is 35.5 Å². The fourth-order valence-corrected chi connectivity index (χ4v) is 2.40. The van der Waals surface area contributed by atoms with Crippen molar-refractivity contribution in [2.24, 2.45) is 0 Å². The molecule has 19 heavy (non-hydrogen) atoms. The van der Waals surface area contributed by atoms with Gasteiger partial charge in [-0.3, -0.25) is 4.90 Å². The van der Waals surface area contributed by atoms with Gasteiger partial charge < -0.3 is 10.4 Å². The van der Waals surface area contributed by atoms with Gasteiger partial charge in [0.15, 0.2) is 0 Å². The van der Waals surface area contributed by atoms with Crippen LogP contribution >= 0.6 is 0 Å². The number of benzene rings is 1. The molecule has 1 saturated heterocycles. The quantitative estimate of drug-likeness (QED) is 0.887. The van der Waals surface area contributed by atoms with E-state index in [0.717, 1.165) is 0 Å². The number of halogens is 3. The summed E-state index contributed by atoms with van der Waals surface area (Å²) < 4.78 is 38.2. The Labute approximate surface area is 110 Å². The molecule has 0 unspecified atom stereocenters.